The van der Waals surface area contributed by atoms with Gasteiger partial charge in [-0.15, -0.1) is 0 Å². The summed E-state index contributed by atoms with van der Waals surface area (Å²) in [6.45, 7) is 6.35. The van der Waals surface area contributed by atoms with Gasteiger partial charge in [-0.1, -0.05) is 0 Å². The molecule has 0 aromatic rings. The van der Waals surface area contributed by atoms with Crippen molar-refractivity contribution >= 4 is 13.4 Å². The molecule has 2 heteroatoms. The summed E-state index contributed by atoms with van der Waals surface area (Å²) in [6.07, 6.45) is 2.93. The van der Waals surface area contributed by atoms with Crippen LogP contribution in [0, 0.1) is 0 Å². The van der Waals surface area contributed by atoms with Crippen LogP contribution in [0.15, 0.2) is 22.4 Å². The lowest BCUT2D eigenvalue weighted by molar-refractivity contribution is 1.51. The van der Waals surface area contributed by atoms with Crippen molar-refractivity contribution in [3.05, 3.63) is 12.4 Å². The van der Waals surface area contributed by atoms with Gasteiger partial charge < -0.3 is 0 Å². The average Bonchev–Trinajstić information content (AvgIpc) is 1.61. The molecule has 2 nitrogen and oxygen atoms in total. The molecule has 0 aromatic heterocycles. The lowest BCUT2D eigenvalue weighted by Crippen LogP contribution is -1.41. The van der Waals surface area contributed by atoms with Gasteiger partial charge in [-0.25, -0.2) is 0 Å². The molecule has 0 fully saturated rings. The van der Waals surface area contributed by atoms with E-state index in [0.29, 0.717) is 0 Å². The standard InChI is InChI=1S/C4H6N2/c1-5-3-4-6-2/h3-4H,1-2H2/b4-3-. The molecule has 0 saturated carbocycles. The molecule has 0 spiro atoms. The molecule has 0 N–H and O–H groups in total. The number of hydrogen-bond acceptors (Lipinski definition) is 2. The normalized spacial score (nSPS) is 8.67. The van der Waals surface area contributed by atoms with Crippen molar-refractivity contribution < 1.29 is 0 Å². The first-order valence-corrected chi connectivity index (χ1v) is 1.48. The van der Waals surface area contributed by atoms with E-state index in [0.717, 1.165) is 0 Å². The number of hydrogen-bond donors (Lipinski definition) is 0. The highest BCUT2D eigenvalue weighted by Gasteiger charge is 1.47. The van der Waals surface area contributed by atoms with Gasteiger partial charge in [0.15, 0.2) is 0 Å². The molecule has 0 aliphatic rings. The fraction of sp³-hybridized carbons (Fsp3) is 0. The van der Waals surface area contributed by atoms with E-state index in [2.05, 4.69) is 23.4 Å². The van der Waals surface area contributed by atoms with Crippen LogP contribution < -0.4 is 0 Å². The summed E-state index contributed by atoms with van der Waals surface area (Å²) in [5, 5.41) is 0. The minimum absolute atomic E-state index is 1.47. The van der Waals surface area contributed by atoms with E-state index in [-0.39, 0.29) is 0 Å². The zero-order valence-electron chi connectivity index (χ0n) is 3.46. The summed E-state index contributed by atoms with van der Waals surface area (Å²) in [4.78, 5) is 6.72. The van der Waals surface area contributed by atoms with Crippen LogP contribution in [0.4, 0.5) is 0 Å². The first kappa shape index (κ1) is 5.08. The van der Waals surface area contributed by atoms with Gasteiger partial charge in [-0.2, -0.15) is 0 Å². The Balaban J connectivity index is 3.17. The Morgan fingerprint density at radius 3 is 1.50 bits per heavy atom. The predicted molar refractivity (Wildman–Crippen MR) is 28.2 cm³/mol. The van der Waals surface area contributed by atoms with Crippen LogP contribution in [-0.2, 0) is 0 Å². The Kier molecular flexibility index (Phi) is 3.45. The van der Waals surface area contributed by atoms with Gasteiger partial charge in [0, 0.05) is 12.4 Å². The maximum atomic E-state index is 3.36. The van der Waals surface area contributed by atoms with Crippen molar-refractivity contribution in [2.75, 3.05) is 0 Å². The summed E-state index contributed by atoms with van der Waals surface area (Å²) < 4.78 is 0. The molecule has 0 heterocycles. The largest absolute Gasteiger partial charge is 0.271 e. The lowest BCUT2D eigenvalue weighted by Gasteiger charge is -1.62. The van der Waals surface area contributed by atoms with Crippen molar-refractivity contribution in [2.24, 2.45) is 9.98 Å². The predicted octanol–water partition coefficient (Wildman–Crippen LogP) is 0.859. The molecule has 32 valence electrons. The van der Waals surface area contributed by atoms with E-state index >= 15 is 0 Å². The molecule has 0 aliphatic carbocycles. The monoisotopic (exact) mass is 82.1 g/mol. The Morgan fingerprint density at radius 2 is 1.33 bits per heavy atom. The Morgan fingerprint density at radius 1 is 1.00 bits per heavy atom. The molecule has 0 rings (SSSR count). The maximum absolute atomic E-state index is 3.36. The summed E-state index contributed by atoms with van der Waals surface area (Å²) in [5.41, 5.74) is 0. The van der Waals surface area contributed by atoms with Crippen LogP contribution in [0.1, 0.15) is 0 Å². The Labute approximate surface area is 36.9 Å². The van der Waals surface area contributed by atoms with Gasteiger partial charge in [-0.05, 0) is 13.4 Å². The number of rotatable bonds is 2. The molecule has 0 amide bonds. The van der Waals surface area contributed by atoms with Crippen LogP contribution in [-0.4, -0.2) is 13.4 Å². The van der Waals surface area contributed by atoms with Gasteiger partial charge in [-0.3, -0.25) is 9.98 Å². The SMILES string of the molecule is C=N/C=C\N=C. The van der Waals surface area contributed by atoms with E-state index in [1.54, 1.807) is 0 Å². The Hall–Kier alpha value is -0.920. The molecular formula is C4H6N2. The smallest absolute Gasteiger partial charge is 0.0443 e. The third kappa shape index (κ3) is 3.08. The second kappa shape index (κ2) is 4.08. The molecule has 0 bridgehead atoms. The molecule has 0 radical (unpaired) electrons. The summed E-state index contributed by atoms with van der Waals surface area (Å²) in [5.74, 6) is 0. The van der Waals surface area contributed by atoms with Crippen LogP contribution >= 0.6 is 0 Å². The first-order chi connectivity index (χ1) is 2.91. The maximum Gasteiger partial charge on any atom is 0.0443 e. The summed E-state index contributed by atoms with van der Waals surface area (Å²) >= 11 is 0. The van der Waals surface area contributed by atoms with Crippen LogP contribution in [0.2, 0.25) is 0 Å². The van der Waals surface area contributed by atoms with Crippen LogP contribution in [0.3, 0.4) is 0 Å². The van der Waals surface area contributed by atoms with E-state index in [1.165, 1.54) is 12.4 Å². The van der Waals surface area contributed by atoms with E-state index in [9.17, 15) is 0 Å². The van der Waals surface area contributed by atoms with Crippen molar-refractivity contribution in [1.82, 2.24) is 0 Å². The van der Waals surface area contributed by atoms with Crippen molar-refractivity contribution in [2.45, 2.75) is 0 Å². The van der Waals surface area contributed by atoms with Gasteiger partial charge in [0.25, 0.3) is 0 Å². The molecule has 0 atom stereocenters. The summed E-state index contributed by atoms with van der Waals surface area (Å²) in [6, 6.07) is 0. The third-order valence-corrected chi connectivity index (χ3v) is 0.277. The molecular weight excluding hydrogens is 76.1 g/mol. The highest BCUT2D eigenvalue weighted by molar-refractivity contribution is 5.27. The van der Waals surface area contributed by atoms with E-state index in [4.69, 9.17) is 0 Å². The quantitative estimate of drug-likeness (QED) is 0.441. The molecule has 6 heavy (non-hydrogen) atoms. The zero-order valence-corrected chi connectivity index (χ0v) is 3.46. The van der Waals surface area contributed by atoms with Gasteiger partial charge in [0.05, 0.1) is 0 Å². The molecule has 0 saturated heterocycles. The second-order valence-corrected chi connectivity index (χ2v) is 0.663. The fourth-order valence-corrected chi connectivity index (χ4v) is 0.0943. The third-order valence-electron chi connectivity index (χ3n) is 0.277. The summed E-state index contributed by atoms with van der Waals surface area (Å²) in [7, 11) is 0. The van der Waals surface area contributed by atoms with Crippen molar-refractivity contribution in [1.29, 1.82) is 0 Å². The van der Waals surface area contributed by atoms with Crippen molar-refractivity contribution in [3.8, 4) is 0 Å². The highest BCUT2D eigenvalue weighted by atomic mass is 14.7. The second-order valence-electron chi connectivity index (χ2n) is 0.663. The molecule has 0 unspecified atom stereocenters. The average molecular weight is 82.1 g/mol. The Bertz CT molecular complexity index is 63.6. The first-order valence-electron chi connectivity index (χ1n) is 1.48. The minimum Gasteiger partial charge on any atom is -0.271 e. The van der Waals surface area contributed by atoms with E-state index in [1.807, 2.05) is 0 Å². The number of nitrogens with zero attached hydrogens (tertiary/aromatic N) is 2. The van der Waals surface area contributed by atoms with Crippen LogP contribution in [0.25, 0.3) is 0 Å². The fourth-order valence-electron chi connectivity index (χ4n) is 0.0943. The van der Waals surface area contributed by atoms with E-state index < -0.39 is 0 Å². The molecule has 0 aliphatic heterocycles. The lowest BCUT2D eigenvalue weighted by atomic mass is 10.9. The topological polar surface area (TPSA) is 24.7 Å². The minimum atomic E-state index is 1.47. The zero-order chi connectivity index (χ0) is 4.83. The number of aliphatic imine (C=N–C) groups is 2. The van der Waals surface area contributed by atoms with Crippen LogP contribution in [0.5, 0.6) is 0 Å². The van der Waals surface area contributed by atoms with Gasteiger partial charge in [0.2, 0.25) is 0 Å². The molecule has 0 aromatic carbocycles. The van der Waals surface area contributed by atoms with Crippen molar-refractivity contribution in [3.63, 3.8) is 0 Å². The van der Waals surface area contributed by atoms with Gasteiger partial charge in [0.1, 0.15) is 0 Å². The van der Waals surface area contributed by atoms with Gasteiger partial charge >= 0.3 is 0 Å². The highest BCUT2D eigenvalue weighted by Crippen LogP contribution is 1.68.